The molecule has 1 aromatic carbocycles. The van der Waals surface area contributed by atoms with Crippen LogP contribution in [0.5, 0.6) is 5.75 Å². The quantitative estimate of drug-likeness (QED) is 0.761. The molecule has 1 N–H and O–H groups in total. The van der Waals surface area contributed by atoms with Gasteiger partial charge in [0.05, 0.1) is 12.5 Å². The van der Waals surface area contributed by atoms with E-state index in [2.05, 4.69) is 49.9 Å². The Bertz CT molecular complexity index is 676. The first-order valence-electron chi connectivity index (χ1n) is 9.87. The van der Waals surface area contributed by atoms with Crippen molar-refractivity contribution < 1.29 is 14.6 Å². The lowest BCUT2D eigenvalue weighted by Crippen LogP contribution is -2.51. The van der Waals surface area contributed by atoms with Crippen molar-refractivity contribution in [1.29, 1.82) is 0 Å². The number of rotatable bonds is 8. The summed E-state index contributed by atoms with van der Waals surface area (Å²) in [7, 11) is 0. The summed E-state index contributed by atoms with van der Waals surface area (Å²) in [5.41, 5.74) is 4.04. The van der Waals surface area contributed by atoms with E-state index in [9.17, 15) is 4.79 Å². The number of aliphatic carboxylic acids is 1. The van der Waals surface area contributed by atoms with Gasteiger partial charge in [0.1, 0.15) is 5.75 Å². The Kier molecular flexibility index (Phi) is 6.02. The van der Waals surface area contributed by atoms with E-state index in [-0.39, 0.29) is 5.92 Å². The van der Waals surface area contributed by atoms with Crippen molar-refractivity contribution in [2.24, 2.45) is 17.8 Å². The fraction of sp³-hybridized carbons (Fsp3) is 0.591. The standard InChI is InChI=1S/C22H31NO3/c1-4-5-15(2)14-26-21-7-6-17-9-19(16(3)8-18(17)10-21)11-23-12-20(13-23)22(24)25/h6-7,9-10,15-16,20H,4-5,8,11-14H2,1-3H3,(H,24,25)/t15?,16-/m1/s1. The fourth-order valence-electron chi connectivity index (χ4n) is 3.92. The molecule has 0 bridgehead atoms. The normalized spacial score (nSPS) is 21.5. The van der Waals surface area contributed by atoms with Gasteiger partial charge in [-0.2, -0.15) is 0 Å². The summed E-state index contributed by atoms with van der Waals surface area (Å²) in [5, 5.41) is 9.02. The number of fused-ring (bicyclic) bond motifs is 1. The number of carbonyl (C=O) groups is 1. The Morgan fingerprint density at radius 3 is 2.85 bits per heavy atom. The topological polar surface area (TPSA) is 49.8 Å². The first kappa shape index (κ1) is 19.0. The third-order valence-corrected chi connectivity index (χ3v) is 5.64. The molecule has 0 spiro atoms. The van der Waals surface area contributed by atoms with Crippen LogP contribution in [0.3, 0.4) is 0 Å². The van der Waals surface area contributed by atoms with E-state index in [1.165, 1.54) is 29.5 Å². The molecule has 1 aromatic rings. The summed E-state index contributed by atoms with van der Waals surface area (Å²) >= 11 is 0. The lowest BCUT2D eigenvalue weighted by Gasteiger charge is -2.38. The van der Waals surface area contributed by atoms with Gasteiger partial charge in [0, 0.05) is 19.6 Å². The van der Waals surface area contributed by atoms with Crippen LogP contribution in [0.4, 0.5) is 0 Å². The number of carboxylic acid groups (broad SMARTS) is 1. The Morgan fingerprint density at radius 1 is 1.38 bits per heavy atom. The van der Waals surface area contributed by atoms with Crippen molar-refractivity contribution in [2.75, 3.05) is 26.2 Å². The summed E-state index contributed by atoms with van der Waals surface area (Å²) in [4.78, 5) is 13.2. The van der Waals surface area contributed by atoms with Gasteiger partial charge in [-0.25, -0.2) is 0 Å². The molecule has 142 valence electrons. The summed E-state index contributed by atoms with van der Waals surface area (Å²) in [6.07, 6.45) is 5.72. The molecule has 1 aliphatic carbocycles. The highest BCUT2D eigenvalue weighted by Gasteiger charge is 2.33. The molecule has 4 nitrogen and oxygen atoms in total. The van der Waals surface area contributed by atoms with Crippen molar-refractivity contribution in [3.63, 3.8) is 0 Å². The Balaban J connectivity index is 1.61. The van der Waals surface area contributed by atoms with Gasteiger partial charge in [0.2, 0.25) is 0 Å². The predicted molar refractivity (Wildman–Crippen MR) is 104 cm³/mol. The minimum absolute atomic E-state index is 0.184. The average molecular weight is 357 g/mol. The maximum Gasteiger partial charge on any atom is 0.309 e. The molecule has 1 saturated heterocycles. The fourth-order valence-corrected chi connectivity index (χ4v) is 3.92. The smallest absolute Gasteiger partial charge is 0.309 e. The lowest BCUT2D eigenvalue weighted by molar-refractivity contribution is -0.147. The van der Waals surface area contributed by atoms with E-state index in [1.54, 1.807) is 0 Å². The highest BCUT2D eigenvalue weighted by Crippen LogP contribution is 2.32. The maximum absolute atomic E-state index is 11.0. The van der Waals surface area contributed by atoms with E-state index in [4.69, 9.17) is 9.84 Å². The van der Waals surface area contributed by atoms with Crippen LogP contribution in [0.1, 0.15) is 44.7 Å². The van der Waals surface area contributed by atoms with Crippen LogP contribution in [-0.4, -0.2) is 42.2 Å². The molecule has 1 aliphatic heterocycles. The molecule has 0 amide bonds. The molecule has 0 saturated carbocycles. The van der Waals surface area contributed by atoms with Crippen LogP contribution in [0.25, 0.3) is 6.08 Å². The molecule has 1 heterocycles. The van der Waals surface area contributed by atoms with Crippen LogP contribution >= 0.6 is 0 Å². The van der Waals surface area contributed by atoms with Gasteiger partial charge in [-0.1, -0.05) is 44.9 Å². The van der Waals surface area contributed by atoms with Gasteiger partial charge in [-0.05, 0) is 47.9 Å². The van der Waals surface area contributed by atoms with E-state index in [0.717, 1.165) is 25.3 Å². The zero-order valence-corrected chi connectivity index (χ0v) is 16.2. The summed E-state index contributed by atoms with van der Waals surface area (Å²) < 4.78 is 5.99. The molecule has 4 heteroatoms. The third-order valence-electron chi connectivity index (χ3n) is 5.64. The second-order valence-corrected chi connectivity index (χ2v) is 8.12. The maximum atomic E-state index is 11.0. The van der Waals surface area contributed by atoms with Crippen LogP contribution in [-0.2, 0) is 11.2 Å². The molecule has 2 atom stereocenters. The number of carboxylic acids is 1. The molecule has 1 fully saturated rings. The van der Waals surface area contributed by atoms with Gasteiger partial charge >= 0.3 is 5.97 Å². The van der Waals surface area contributed by atoms with Gasteiger partial charge in [-0.15, -0.1) is 0 Å². The lowest BCUT2D eigenvalue weighted by atomic mass is 9.83. The number of ether oxygens (including phenoxy) is 1. The van der Waals surface area contributed by atoms with E-state index in [1.807, 2.05) is 0 Å². The third kappa shape index (κ3) is 4.47. The van der Waals surface area contributed by atoms with Crippen LogP contribution < -0.4 is 4.74 Å². The molecular formula is C22H31NO3. The largest absolute Gasteiger partial charge is 0.493 e. The van der Waals surface area contributed by atoms with Crippen LogP contribution in [0.2, 0.25) is 0 Å². The first-order valence-corrected chi connectivity index (χ1v) is 9.87. The van der Waals surface area contributed by atoms with E-state index >= 15 is 0 Å². The second kappa shape index (κ2) is 8.26. The number of hydrogen-bond acceptors (Lipinski definition) is 3. The zero-order valence-electron chi connectivity index (χ0n) is 16.2. The van der Waals surface area contributed by atoms with Gasteiger partial charge < -0.3 is 9.84 Å². The van der Waals surface area contributed by atoms with Crippen molar-refractivity contribution >= 4 is 12.0 Å². The number of benzene rings is 1. The van der Waals surface area contributed by atoms with Crippen LogP contribution in [0, 0.1) is 17.8 Å². The molecule has 2 aliphatic rings. The number of hydrogen-bond donors (Lipinski definition) is 1. The van der Waals surface area contributed by atoms with Gasteiger partial charge in [0.25, 0.3) is 0 Å². The summed E-state index contributed by atoms with van der Waals surface area (Å²) in [5.74, 6) is 1.20. The minimum atomic E-state index is -0.668. The van der Waals surface area contributed by atoms with Crippen molar-refractivity contribution in [2.45, 2.75) is 40.0 Å². The molecular weight excluding hydrogens is 326 g/mol. The molecule has 1 unspecified atom stereocenters. The highest BCUT2D eigenvalue weighted by atomic mass is 16.5. The Morgan fingerprint density at radius 2 is 2.15 bits per heavy atom. The van der Waals surface area contributed by atoms with Gasteiger partial charge in [0.15, 0.2) is 0 Å². The summed E-state index contributed by atoms with van der Waals surface area (Å²) in [6, 6.07) is 6.44. The van der Waals surface area contributed by atoms with Crippen molar-refractivity contribution in [3.05, 3.63) is 34.9 Å². The van der Waals surface area contributed by atoms with Crippen molar-refractivity contribution in [1.82, 2.24) is 4.90 Å². The first-order chi connectivity index (χ1) is 12.5. The number of likely N-dealkylation sites (tertiary alicyclic amines) is 1. The SMILES string of the molecule is CCCC(C)COc1ccc2c(c1)C[C@@H](C)C(CN1CC(C(=O)O)C1)=C2. The highest BCUT2D eigenvalue weighted by molar-refractivity contribution is 5.71. The molecule has 26 heavy (non-hydrogen) atoms. The van der Waals surface area contributed by atoms with E-state index in [0.29, 0.717) is 24.9 Å². The molecule has 0 radical (unpaired) electrons. The van der Waals surface area contributed by atoms with Crippen molar-refractivity contribution in [3.8, 4) is 5.75 Å². The molecule has 0 aromatic heterocycles. The minimum Gasteiger partial charge on any atom is -0.493 e. The van der Waals surface area contributed by atoms with E-state index < -0.39 is 5.97 Å². The number of nitrogens with zero attached hydrogens (tertiary/aromatic N) is 1. The van der Waals surface area contributed by atoms with Crippen LogP contribution in [0.15, 0.2) is 23.8 Å². The average Bonchev–Trinajstić information content (AvgIpc) is 2.56. The Labute approximate surface area is 156 Å². The summed E-state index contributed by atoms with van der Waals surface area (Å²) in [6.45, 7) is 9.73. The monoisotopic (exact) mass is 357 g/mol. The molecule has 3 rings (SSSR count). The van der Waals surface area contributed by atoms with Gasteiger partial charge in [-0.3, -0.25) is 9.69 Å². The second-order valence-electron chi connectivity index (χ2n) is 8.12. The Hall–Kier alpha value is -1.81. The zero-order chi connectivity index (χ0) is 18.7. The predicted octanol–water partition coefficient (Wildman–Crippen LogP) is 4.09.